The summed E-state index contributed by atoms with van der Waals surface area (Å²) < 4.78 is 0. The highest BCUT2D eigenvalue weighted by Crippen LogP contribution is 2.48. The zero-order chi connectivity index (χ0) is 21.4. The standard InChI is InChI=1S/C28H36O2/c1-3-5-6-7-11-23-12-8-9-13-26(23)28(20-18-24(19-21-28)27(29)30)25-16-14-22(10-4-2)15-17-25/h3,7-9,11-13,18-22,24-25H,1,4-6,10,14-17H2,2H3,(H,29,30)/b11-7+. The minimum absolute atomic E-state index is 0.220. The quantitative estimate of drug-likeness (QED) is 0.345. The fraction of sp³-hybridized carbons (Fsp3) is 0.464. The van der Waals surface area contributed by atoms with Crippen LogP contribution in [0.1, 0.15) is 69.4 Å². The maximum absolute atomic E-state index is 11.5. The van der Waals surface area contributed by atoms with Gasteiger partial charge in [-0.3, -0.25) is 4.79 Å². The Morgan fingerprint density at radius 2 is 1.83 bits per heavy atom. The van der Waals surface area contributed by atoms with Gasteiger partial charge in [0.1, 0.15) is 0 Å². The van der Waals surface area contributed by atoms with E-state index in [0.717, 1.165) is 18.8 Å². The molecular formula is C28H36O2. The number of hydrogen-bond donors (Lipinski definition) is 1. The lowest BCUT2D eigenvalue weighted by Gasteiger charge is -2.43. The van der Waals surface area contributed by atoms with Gasteiger partial charge in [0.25, 0.3) is 0 Å². The second-order valence-electron chi connectivity index (χ2n) is 8.88. The first kappa shape index (κ1) is 22.3. The van der Waals surface area contributed by atoms with Gasteiger partial charge in [-0.2, -0.15) is 0 Å². The Bertz CT molecular complexity index is 792. The number of carbonyl (C=O) groups is 1. The summed E-state index contributed by atoms with van der Waals surface area (Å²) in [5, 5.41) is 9.48. The third kappa shape index (κ3) is 5.03. The fourth-order valence-corrected chi connectivity index (χ4v) is 5.28. The first-order chi connectivity index (χ1) is 14.6. The lowest BCUT2D eigenvalue weighted by molar-refractivity contribution is -0.138. The number of unbranched alkanes of at least 4 members (excludes halogenated alkanes) is 1. The summed E-state index contributed by atoms with van der Waals surface area (Å²) in [4.78, 5) is 11.5. The molecule has 0 amide bonds. The maximum Gasteiger partial charge on any atom is 0.314 e. The van der Waals surface area contributed by atoms with E-state index in [1.807, 2.05) is 18.2 Å². The van der Waals surface area contributed by atoms with Crippen molar-refractivity contribution in [2.45, 2.75) is 63.7 Å². The van der Waals surface area contributed by atoms with Crippen LogP contribution in [0.5, 0.6) is 0 Å². The average molecular weight is 405 g/mol. The van der Waals surface area contributed by atoms with Crippen molar-refractivity contribution in [1.29, 1.82) is 0 Å². The Morgan fingerprint density at radius 3 is 2.47 bits per heavy atom. The van der Waals surface area contributed by atoms with E-state index >= 15 is 0 Å². The molecule has 2 aliphatic rings. The van der Waals surface area contributed by atoms with Gasteiger partial charge < -0.3 is 5.11 Å². The number of carboxylic acid groups (broad SMARTS) is 1. The zero-order valence-corrected chi connectivity index (χ0v) is 18.3. The molecule has 30 heavy (non-hydrogen) atoms. The van der Waals surface area contributed by atoms with Gasteiger partial charge in [-0.1, -0.05) is 99.4 Å². The minimum atomic E-state index is -0.777. The van der Waals surface area contributed by atoms with E-state index in [1.54, 1.807) is 0 Å². The molecule has 1 aromatic rings. The van der Waals surface area contributed by atoms with E-state index in [9.17, 15) is 9.90 Å². The van der Waals surface area contributed by atoms with E-state index in [4.69, 9.17) is 0 Å². The van der Waals surface area contributed by atoms with E-state index in [-0.39, 0.29) is 5.41 Å². The molecular weight excluding hydrogens is 368 g/mol. The Balaban J connectivity index is 1.95. The van der Waals surface area contributed by atoms with Crippen LogP contribution in [0.25, 0.3) is 6.08 Å². The van der Waals surface area contributed by atoms with E-state index in [1.165, 1.54) is 49.7 Å². The lowest BCUT2D eigenvalue weighted by Crippen LogP contribution is -2.37. The van der Waals surface area contributed by atoms with Gasteiger partial charge in [0.15, 0.2) is 0 Å². The second kappa shape index (κ2) is 10.6. The molecule has 2 heteroatoms. The molecule has 2 nitrogen and oxygen atoms in total. The van der Waals surface area contributed by atoms with Crippen molar-refractivity contribution in [3.05, 3.63) is 78.4 Å². The van der Waals surface area contributed by atoms with Crippen LogP contribution in [-0.4, -0.2) is 11.1 Å². The Kier molecular flexibility index (Phi) is 7.90. The summed E-state index contributed by atoms with van der Waals surface area (Å²) >= 11 is 0. The molecule has 0 aliphatic heterocycles. The monoisotopic (exact) mass is 404 g/mol. The second-order valence-corrected chi connectivity index (χ2v) is 8.88. The number of hydrogen-bond acceptors (Lipinski definition) is 1. The molecule has 0 heterocycles. The average Bonchev–Trinajstić information content (AvgIpc) is 2.78. The Labute approximate surface area is 182 Å². The molecule has 1 saturated carbocycles. The van der Waals surface area contributed by atoms with Gasteiger partial charge in [0, 0.05) is 5.41 Å². The summed E-state index contributed by atoms with van der Waals surface area (Å²) in [5.41, 5.74) is 2.32. The molecule has 0 spiro atoms. The van der Waals surface area contributed by atoms with Crippen molar-refractivity contribution < 1.29 is 9.90 Å². The van der Waals surface area contributed by atoms with Gasteiger partial charge in [-0.25, -0.2) is 0 Å². The van der Waals surface area contributed by atoms with Crippen LogP contribution in [0.4, 0.5) is 0 Å². The highest BCUT2D eigenvalue weighted by Gasteiger charge is 2.40. The number of aliphatic carboxylic acids is 1. The molecule has 1 aromatic carbocycles. The van der Waals surface area contributed by atoms with E-state index < -0.39 is 11.9 Å². The largest absolute Gasteiger partial charge is 0.481 e. The third-order valence-corrected chi connectivity index (χ3v) is 6.93. The summed E-state index contributed by atoms with van der Waals surface area (Å²) in [6, 6.07) is 8.64. The molecule has 0 aromatic heterocycles. The van der Waals surface area contributed by atoms with Crippen molar-refractivity contribution in [2.24, 2.45) is 17.8 Å². The highest BCUT2D eigenvalue weighted by atomic mass is 16.4. The molecule has 0 saturated heterocycles. The van der Waals surface area contributed by atoms with Crippen LogP contribution >= 0.6 is 0 Å². The predicted molar refractivity (Wildman–Crippen MR) is 126 cm³/mol. The Hall–Kier alpha value is -2.35. The van der Waals surface area contributed by atoms with Gasteiger partial charge in [0.2, 0.25) is 0 Å². The lowest BCUT2D eigenvalue weighted by atomic mass is 9.60. The van der Waals surface area contributed by atoms with Crippen molar-refractivity contribution >= 4 is 12.0 Å². The van der Waals surface area contributed by atoms with Crippen molar-refractivity contribution in [3.8, 4) is 0 Å². The maximum atomic E-state index is 11.5. The summed E-state index contributed by atoms with van der Waals surface area (Å²) in [6.45, 7) is 6.09. The predicted octanol–water partition coefficient (Wildman–Crippen LogP) is 7.34. The number of carboxylic acids is 1. The summed E-state index contributed by atoms with van der Waals surface area (Å²) in [7, 11) is 0. The third-order valence-electron chi connectivity index (χ3n) is 6.93. The molecule has 0 atom stereocenters. The van der Waals surface area contributed by atoms with Crippen LogP contribution in [0.3, 0.4) is 0 Å². The van der Waals surface area contributed by atoms with Crippen LogP contribution < -0.4 is 0 Å². The molecule has 1 fully saturated rings. The topological polar surface area (TPSA) is 37.3 Å². The van der Waals surface area contributed by atoms with Gasteiger partial charge in [-0.05, 0) is 48.6 Å². The molecule has 3 rings (SSSR count). The van der Waals surface area contributed by atoms with Crippen LogP contribution in [0.15, 0.2) is 67.3 Å². The highest BCUT2D eigenvalue weighted by molar-refractivity contribution is 5.75. The van der Waals surface area contributed by atoms with Crippen LogP contribution in [0.2, 0.25) is 0 Å². The summed E-state index contributed by atoms with van der Waals surface area (Å²) in [5.74, 6) is 0.0569. The SMILES string of the molecule is C=CCC/C=C/c1ccccc1C1(C2CCC(CCC)CC2)C=CC(C(=O)O)C=C1. The van der Waals surface area contributed by atoms with E-state index in [0.29, 0.717) is 5.92 Å². The van der Waals surface area contributed by atoms with Gasteiger partial charge >= 0.3 is 5.97 Å². The summed E-state index contributed by atoms with van der Waals surface area (Å²) in [6.07, 6.45) is 24.1. The molecule has 1 N–H and O–H groups in total. The molecule has 2 aliphatic carbocycles. The van der Waals surface area contributed by atoms with Gasteiger partial charge in [-0.15, -0.1) is 6.58 Å². The first-order valence-electron chi connectivity index (χ1n) is 11.6. The zero-order valence-electron chi connectivity index (χ0n) is 18.3. The minimum Gasteiger partial charge on any atom is -0.481 e. The Morgan fingerprint density at radius 1 is 1.13 bits per heavy atom. The molecule has 0 bridgehead atoms. The smallest absolute Gasteiger partial charge is 0.314 e. The molecule has 160 valence electrons. The number of rotatable bonds is 9. The van der Waals surface area contributed by atoms with Gasteiger partial charge in [0.05, 0.1) is 5.92 Å². The number of allylic oxidation sites excluding steroid dienone is 4. The molecule has 0 unspecified atom stereocenters. The first-order valence-corrected chi connectivity index (χ1v) is 11.6. The molecule has 0 radical (unpaired) electrons. The van der Waals surface area contributed by atoms with Crippen LogP contribution in [0, 0.1) is 17.8 Å². The van der Waals surface area contributed by atoms with Crippen molar-refractivity contribution in [3.63, 3.8) is 0 Å². The van der Waals surface area contributed by atoms with E-state index in [2.05, 4.69) is 62.1 Å². The van der Waals surface area contributed by atoms with Crippen LogP contribution in [-0.2, 0) is 10.2 Å². The van der Waals surface area contributed by atoms with Crippen molar-refractivity contribution in [2.75, 3.05) is 0 Å². The normalized spacial score (nSPS) is 28.6. The number of benzene rings is 1. The van der Waals surface area contributed by atoms with Crippen molar-refractivity contribution in [1.82, 2.24) is 0 Å². The fourth-order valence-electron chi connectivity index (χ4n) is 5.28.